The van der Waals surface area contributed by atoms with Crippen LogP contribution in [0, 0.1) is 0 Å². The third-order valence-corrected chi connectivity index (χ3v) is 3.37. The van der Waals surface area contributed by atoms with Gasteiger partial charge in [-0.1, -0.05) is 11.3 Å². The second kappa shape index (κ2) is 5.24. The number of carbonyl (C=O) groups is 1. The summed E-state index contributed by atoms with van der Waals surface area (Å²) in [5.41, 5.74) is 0.538. The van der Waals surface area contributed by atoms with Crippen molar-refractivity contribution in [2.24, 2.45) is 0 Å². The van der Waals surface area contributed by atoms with Crippen molar-refractivity contribution in [2.75, 3.05) is 17.7 Å². The van der Waals surface area contributed by atoms with Crippen LogP contribution < -0.4 is 10.6 Å². The first-order valence-electron chi connectivity index (χ1n) is 4.75. The maximum Gasteiger partial charge on any atom is 0.257 e. The average Bonchev–Trinajstić information content (AvgIpc) is 2.75. The van der Waals surface area contributed by atoms with Crippen LogP contribution in [-0.2, 0) is 0 Å². The number of carbonyl (C=O) groups excluding carboxylic acids is 1. The molecule has 0 aliphatic rings. The predicted octanol–water partition coefficient (Wildman–Crippen LogP) is 2.59. The zero-order valence-electron chi connectivity index (χ0n) is 8.90. The summed E-state index contributed by atoms with van der Waals surface area (Å²) < 4.78 is 0.874. The third-order valence-electron chi connectivity index (χ3n) is 1.98. The van der Waals surface area contributed by atoms with Gasteiger partial charge in [0.15, 0.2) is 5.13 Å². The van der Waals surface area contributed by atoms with E-state index >= 15 is 0 Å². The van der Waals surface area contributed by atoms with Crippen molar-refractivity contribution in [1.29, 1.82) is 0 Å². The Morgan fingerprint density at radius 2 is 2.29 bits per heavy atom. The Morgan fingerprint density at radius 1 is 1.47 bits per heavy atom. The van der Waals surface area contributed by atoms with Crippen LogP contribution in [0.1, 0.15) is 10.4 Å². The zero-order valence-corrected chi connectivity index (χ0v) is 11.3. The van der Waals surface area contributed by atoms with E-state index in [1.807, 2.05) is 0 Å². The molecule has 88 valence electrons. The summed E-state index contributed by atoms with van der Waals surface area (Å²) in [7, 11) is 1.75. The number of amides is 1. The molecule has 0 saturated heterocycles. The SMILES string of the molecule is CNc1cc(C(=O)Nc2ncc(Br)s2)ccn1. The Balaban J connectivity index is 2.14. The average molecular weight is 313 g/mol. The second-order valence-electron chi connectivity index (χ2n) is 3.10. The standard InChI is InChI=1S/C10H9BrN4OS/c1-12-8-4-6(2-3-13-8)9(16)15-10-14-5-7(11)17-10/h2-5H,1H3,(H,12,13)(H,14,15,16). The molecule has 0 spiro atoms. The minimum atomic E-state index is -0.203. The van der Waals surface area contributed by atoms with Gasteiger partial charge in [-0.05, 0) is 28.1 Å². The van der Waals surface area contributed by atoms with Gasteiger partial charge in [0.1, 0.15) is 5.82 Å². The minimum absolute atomic E-state index is 0.203. The van der Waals surface area contributed by atoms with Crippen molar-refractivity contribution >= 4 is 44.1 Å². The Morgan fingerprint density at radius 3 is 2.94 bits per heavy atom. The van der Waals surface area contributed by atoms with Crippen LogP contribution in [0.2, 0.25) is 0 Å². The zero-order chi connectivity index (χ0) is 12.3. The van der Waals surface area contributed by atoms with Gasteiger partial charge in [0.05, 0.1) is 9.98 Å². The van der Waals surface area contributed by atoms with E-state index in [9.17, 15) is 4.79 Å². The smallest absolute Gasteiger partial charge is 0.257 e. The lowest BCUT2D eigenvalue weighted by Gasteiger charge is -2.03. The van der Waals surface area contributed by atoms with Gasteiger partial charge in [-0.15, -0.1) is 0 Å². The van der Waals surface area contributed by atoms with Crippen LogP contribution >= 0.6 is 27.3 Å². The highest BCUT2D eigenvalue weighted by molar-refractivity contribution is 9.11. The molecule has 2 rings (SSSR count). The van der Waals surface area contributed by atoms with Crippen LogP contribution in [0.5, 0.6) is 0 Å². The van der Waals surface area contributed by atoms with Crippen LogP contribution in [0.3, 0.4) is 0 Å². The quantitative estimate of drug-likeness (QED) is 0.914. The number of halogens is 1. The molecular weight excluding hydrogens is 304 g/mol. The molecule has 7 heteroatoms. The largest absolute Gasteiger partial charge is 0.373 e. The number of anilines is 2. The summed E-state index contributed by atoms with van der Waals surface area (Å²) in [4.78, 5) is 19.9. The van der Waals surface area contributed by atoms with Gasteiger partial charge in [0.2, 0.25) is 0 Å². The number of aromatic nitrogens is 2. The van der Waals surface area contributed by atoms with Gasteiger partial charge in [0, 0.05) is 18.8 Å². The lowest BCUT2D eigenvalue weighted by molar-refractivity contribution is 0.102. The topological polar surface area (TPSA) is 66.9 Å². The number of nitrogens with zero attached hydrogens (tertiary/aromatic N) is 2. The van der Waals surface area contributed by atoms with Crippen molar-refractivity contribution in [1.82, 2.24) is 9.97 Å². The second-order valence-corrected chi connectivity index (χ2v) is 5.51. The number of hydrogen-bond acceptors (Lipinski definition) is 5. The molecule has 0 atom stereocenters. The molecule has 0 aliphatic carbocycles. The highest BCUT2D eigenvalue weighted by atomic mass is 79.9. The fraction of sp³-hybridized carbons (Fsp3) is 0.100. The van der Waals surface area contributed by atoms with Crippen LogP contribution in [0.15, 0.2) is 28.3 Å². The first kappa shape index (κ1) is 12.0. The number of nitrogens with one attached hydrogen (secondary N) is 2. The molecule has 2 N–H and O–H groups in total. The molecule has 2 heterocycles. The number of pyridine rings is 1. The Labute approximate surface area is 110 Å². The molecule has 2 aromatic rings. The summed E-state index contributed by atoms with van der Waals surface area (Å²) >= 11 is 4.65. The monoisotopic (exact) mass is 312 g/mol. The number of thiazole rings is 1. The van der Waals surface area contributed by atoms with E-state index in [2.05, 4.69) is 36.5 Å². The van der Waals surface area contributed by atoms with Gasteiger partial charge in [-0.2, -0.15) is 0 Å². The fourth-order valence-corrected chi connectivity index (χ4v) is 2.29. The molecule has 0 radical (unpaired) electrons. The summed E-state index contributed by atoms with van der Waals surface area (Å²) in [6, 6.07) is 3.33. The number of rotatable bonds is 3. The van der Waals surface area contributed by atoms with E-state index in [4.69, 9.17) is 0 Å². The van der Waals surface area contributed by atoms with E-state index < -0.39 is 0 Å². The van der Waals surface area contributed by atoms with Crippen molar-refractivity contribution in [3.8, 4) is 0 Å². The van der Waals surface area contributed by atoms with E-state index in [1.54, 1.807) is 31.6 Å². The van der Waals surface area contributed by atoms with E-state index in [-0.39, 0.29) is 5.91 Å². The molecule has 2 aromatic heterocycles. The lowest BCUT2D eigenvalue weighted by Crippen LogP contribution is -2.12. The number of hydrogen-bond donors (Lipinski definition) is 2. The summed E-state index contributed by atoms with van der Waals surface area (Å²) in [6.45, 7) is 0. The minimum Gasteiger partial charge on any atom is -0.373 e. The molecule has 1 amide bonds. The highest BCUT2D eigenvalue weighted by Gasteiger charge is 2.09. The van der Waals surface area contributed by atoms with Crippen molar-refractivity contribution in [2.45, 2.75) is 0 Å². The summed E-state index contributed by atoms with van der Waals surface area (Å²) in [6.07, 6.45) is 3.23. The Kier molecular flexibility index (Phi) is 3.70. The predicted molar refractivity (Wildman–Crippen MR) is 71.6 cm³/mol. The molecule has 0 aliphatic heterocycles. The van der Waals surface area contributed by atoms with Crippen molar-refractivity contribution < 1.29 is 4.79 Å². The van der Waals surface area contributed by atoms with E-state index in [1.165, 1.54) is 11.3 Å². The van der Waals surface area contributed by atoms with Gasteiger partial charge in [-0.25, -0.2) is 9.97 Å². The van der Waals surface area contributed by atoms with Crippen LogP contribution in [0.4, 0.5) is 10.9 Å². The maximum absolute atomic E-state index is 11.9. The lowest BCUT2D eigenvalue weighted by atomic mass is 10.2. The molecule has 17 heavy (non-hydrogen) atoms. The molecule has 0 saturated carbocycles. The van der Waals surface area contributed by atoms with E-state index in [0.717, 1.165) is 3.79 Å². The van der Waals surface area contributed by atoms with Crippen LogP contribution in [0.25, 0.3) is 0 Å². The first-order chi connectivity index (χ1) is 8.19. The van der Waals surface area contributed by atoms with Gasteiger partial charge in [0.25, 0.3) is 5.91 Å². The normalized spacial score (nSPS) is 10.0. The maximum atomic E-state index is 11.9. The molecule has 0 aromatic carbocycles. The van der Waals surface area contributed by atoms with Gasteiger partial charge < -0.3 is 5.32 Å². The molecule has 0 bridgehead atoms. The molecule has 0 unspecified atom stereocenters. The highest BCUT2D eigenvalue weighted by Crippen LogP contribution is 2.23. The summed E-state index contributed by atoms with van der Waals surface area (Å²) in [5.74, 6) is 0.448. The Bertz CT molecular complexity index is 543. The first-order valence-corrected chi connectivity index (χ1v) is 6.36. The van der Waals surface area contributed by atoms with Gasteiger partial charge >= 0.3 is 0 Å². The Hall–Kier alpha value is -1.47. The van der Waals surface area contributed by atoms with Crippen LogP contribution in [-0.4, -0.2) is 22.9 Å². The van der Waals surface area contributed by atoms with Gasteiger partial charge in [-0.3, -0.25) is 10.1 Å². The third kappa shape index (κ3) is 3.01. The summed E-state index contributed by atoms with van der Waals surface area (Å²) in [5, 5.41) is 6.15. The fourth-order valence-electron chi connectivity index (χ4n) is 1.19. The molecule has 5 nitrogen and oxygen atoms in total. The van der Waals surface area contributed by atoms with Crippen molar-refractivity contribution in [3.63, 3.8) is 0 Å². The van der Waals surface area contributed by atoms with E-state index in [0.29, 0.717) is 16.5 Å². The molecular formula is C10H9BrN4OS. The van der Waals surface area contributed by atoms with Crippen molar-refractivity contribution in [3.05, 3.63) is 33.9 Å². The molecule has 0 fully saturated rings.